The molecule has 0 fully saturated rings. The van der Waals surface area contributed by atoms with E-state index in [1.165, 1.54) is 0 Å². The Morgan fingerprint density at radius 2 is 2.08 bits per heavy atom. The number of carboxylic acid groups (broad SMARTS) is 1. The predicted molar refractivity (Wildman–Crippen MR) is 47.2 cm³/mol. The van der Waals surface area contributed by atoms with Crippen molar-refractivity contribution in [3.05, 3.63) is 12.2 Å². The van der Waals surface area contributed by atoms with Crippen molar-refractivity contribution in [2.45, 2.75) is 32.8 Å². The fourth-order valence-electron chi connectivity index (χ4n) is 0.599. The van der Waals surface area contributed by atoms with Gasteiger partial charge in [-0.3, -0.25) is 4.79 Å². The van der Waals surface area contributed by atoms with Crippen LogP contribution >= 0.6 is 0 Å². The van der Waals surface area contributed by atoms with Crippen molar-refractivity contribution in [1.82, 2.24) is 0 Å². The molecule has 0 bridgehead atoms. The number of esters is 1. The molecule has 4 nitrogen and oxygen atoms in total. The van der Waals surface area contributed by atoms with E-state index < -0.39 is 11.9 Å². The van der Waals surface area contributed by atoms with E-state index in [2.05, 4.69) is 6.58 Å². The molecule has 1 atom stereocenters. The number of carboxylic acids is 1. The number of ether oxygens (including phenoxy) is 1. The van der Waals surface area contributed by atoms with Crippen LogP contribution in [0.2, 0.25) is 0 Å². The fourth-order valence-corrected chi connectivity index (χ4v) is 0.599. The summed E-state index contributed by atoms with van der Waals surface area (Å²) in [7, 11) is 0. The van der Waals surface area contributed by atoms with Crippen molar-refractivity contribution in [1.29, 1.82) is 0 Å². The highest BCUT2D eigenvalue weighted by Gasteiger charge is 2.13. The maximum Gasteiger partial charge on any atom is 0.331 e. The van der Waals surface area contributed by atoms with Crippen LogP contribution < -0.4 is 0 Å². The summed E-state index contributed by atoms with van der Waals surface area (Å²) in [5, 5.41) is 8.41. The van der Waals surface area contributed by atoms with Crippen molar-refractivity contribution in [3.63, 3.8) is 0 Å². The van der Waals surface area contributed by atoms with Gasteiger partial charge < -0.3 is 9.84 Å². The summed E-state index contributed by atoms with van der Waals surface area (Å²) < 4.78 is 4.86. The first-order valence-corrected chi connectivity index (χ1v) is 4.08. The van der Waals surface area contributed by atoms with Crippen LogP contribution in [0.4, 0.5) is 0 Å². The van der Waals surface area contributed by atoms with Gasteiger partial charge in [-0.25, -0.2) is 4.79 Å². The Morgan fingerprint density at radius 1 is 1.54 bits per heavy atom. The van der Waals surface area contributed by atoms with Crippen molar-refractivity contribution in [2.75, 3.05) is 0 Å². The summed E-state index contributed by atoms with van der Waals surface area (Å²) in [6.45, 7) is 6.86. The lowest BCUT2D eigenvalue weighted by atomic mass is 10.2. The number of aliphatic carboxylic acids is 1. The molecule has 0 radical (unpaired) electrons. The molecule has 1 N–H and O–H groups in total. The molecule has 0 rings (SSSR count). The zero-order chi connectivity index (χ0) is 10.4. The molecule has 74 valence electrons. The molecule has 0 aliphatic carbocycles. The third-order valence-corrected chi connectivity index (χ3v) is 1.57. The maximum atomic E-state index is 11.0. The second-order valence-corrected chi connectivity index (χ2v) is 2.79. The molecular formula is C9H14O4. The average molecular weight is 186 g/mol. The fraction of sp³-hybridized carbons (Fsp3) is 0.556. The first kappa shape index (κ1) is 11.7. The van der Waals surface area contributed by atoms with Gasteiger partial charge >= 0.3 is 11.9 Å². The third kappa shape index (κ3) is 5.00. The second-order valence-electron chi connectivity index (χ2n) is 2.79. The van der Waals surface area contributed by atoms with Crippen LogP contribution in [0.15, 0.2) is 12.2 Å². The van der Waals surface area contributed by atoms with Gasteiger partial charge in [0, 0.05) is 5.57 Å². The van der Waals surface area contributed by atoms with Crippen LogP contribution in [0.3, 0.4) is 0 Å². The molecule has 0 aromatic carbocycles. The van der Waals surface area contributed by atoms with Gasteiger partial charge in [0.15, 0.2) is 0 Å². The predicted octanol–water partition coefficient (Wildman–Crippen LogP) is 1.36. The zero-order valence-corrected chi connectivity index (χ0v) is 7.87. The second kappa shape index (κ2) is 5.35. The Morgan fingerprint density at radius 3 is 2.46 bits per heavy atom. The molecule has 0 aliphatic heterocycles. The van der Waals surface area contributed by atoms with Gasteiger partial charge in [0.2, 0.25) is 0 Å². The van der Waals surface area contributed by atoms with E-state index in [1.54, 1.807) is 6.92 Å². The van der Waals surface area contributed by atoms with Crippen LogP contribution in [0, 0.1) is 0 Å². The lowest BCUT2D eigenvalue weighted by Crippen LogP contribution is -2.15. The van der Waals surface area contributed by atoms with E-state index in [0.29, 0.717) is 6.42 Å². The topological polar surface area (TPSA) is 63.6 Å². The van der Waals surface area contributed by atoms with Crippen molar-refractivity contribution in [2.24, 2.45) is 0 Å². The summed E-state index contributed by atoms with van der Waals surface area (Å²) in [4.78, 5) is 21.3. The minimum Gasteiger partial charge on any atom is -0.478 e. The number of carbonyl (C=O) groups excluding carboxylic acids is 1. The molecule has 13 heavy (non-hydrogen) atoms. The van der Waals surface area contributed by atoms with Crippen LogP contribution in [-0.4, -0.2) is 23.1 Å². The normalized spacial score (nSPS) is 11.8. The quantitative estimate of drug-likeness (QED) is 0.520. The highest BCUT2D eigenvalue weighted by Crippen LogP contribution is 2.04. The smallest absolute Gasteiger partial charge is 0.331 e. The molecule has 0 aliphatic rings. The van der Waals surface area contributed by atoms with Crippen LogP contribution in [0.1, 0.15) is 26.7 Å². The van der Waals surface area contributed by atoms with Gasteiger partial charge in [0.1, 0.15) is 0 Å². The van der Waals surface area contributed by atoms with Crippen molar-refractivity contribution >= 4 is 11.9 Å². The van der Waals surface area contributed by atoms with Crippen LogP contribution in [-0.2, 0) is 14.3 Å². The Labute approximate surface area is 77.2 Å². The summed E-state index contributed by atoms with van der Waals surface area (Å²) in [5.74, 6) is -1.71. The minimum absolute atomic E-state index is 0.145. The van der Waals surface area contributed by atoms with Gasteiger partial charge in [0.25, 0.3) is 0 Å². The molecule has 4 heteroatoms. The number of rotatable bonds is 5. The van der Waals surface area contributed by atoms with Gasteiger partial charge in [-0.2, -0.15) is 0 Å². The largest absolute Gasteiger partial charge is 0.478 e. The van der Waals surface area contributed by atoms with E-state index >= 15 is 0 Å². The SMILES string of the molecule is C=C(CC(=O)OC(C)CC)C(=O)O. The molecule has 0 saturated carbocycles. The van der Waals surface area contributed by atoms with E-state index in [9.17, 15) is 9.59 Å². The Hall–Kier alpha value is -1.32. The Kier molecular flexibility index (Phi) is 4.80. The minimum atomic E-state index is -1.17. The molecule has 0 saturated heterocycles. The molecule has 0 amide bonds. The van der Waals surface area contributed by atoms with Crippen molar-refractivity contribution in [3.8, 4) is 0 Å². The summed E-state index contributed by atoms with van der Waals surface area (Å²) >= 11 is 0. The van der Waals surface area contributed by atoms with Gasteiger partial charge in [-0.05, 0) is 13.3 Å². The third-order valence-electron chi connectivity index (χ3n) is 1.57. The standard InChI is InChI=1S/C9H14O4/c1-4-7(3)13-8(10)5-6(2)9(11)12/h7H,2,4-5H2,1,3H3,(H,11,12). The molecule has 0 heterocycles. The molecular weight excluding hydrogens is 172 g/mol. The molecule has 0 aromatic heterocycles. The molecule has 0 spiro atoms. The van der Waals surface area contributed by atoms with Gasteiger partial charge in [-0.1, -0.05) is 13.5 Å². The van der Waals surface area contributed by atoms with E-state index in [4.69, 9.17) is 9.84 Å². The highest BCUT2D eigenvalue weighted by molar-refractivity contribution is 5.91. The first-order valence-electron chi connectivity index (χ1n) is 4.08. The Bertz CT molecular complexity index is 220. The molecule has 0 aromatic rings. The van der Waals surface area contributed by atoms with Crippen molar-refractivity contribution < 1.29 is 19.4 Å². The lowest BCUT2D eigenvalue weighted by molar-refractivity contribution is -0.148. The van der Waals surface area contributed by atoms with Gasteiger partial charge in [-0.15, -0.1) is 0 Å². The zero-order valence-electron chi connectivity index (χ0n) is 7.87. The van der Waals surface area contributed by atoms with E-state index in [-0.39, 0.29) is 18.1 Å². The summed E-state index contributed by atoms with van der Waals surface area (Å²) in [6, 6.07) is 0. The summed E-state index contributed by atoms with van der Waals surface area (Å²) in [5.41, 5.74) is -0.145. The van der Waals surface area contributed by atoms with Crippen LogP contribution in [0.5, 0.6) is 0 Å². The van der Waals surface area contributed by atoms with Gasteiger partial charge in [0.05, 0.1) is 12.5 Å². The van der Waals surface area contributed by atoms with E-state index in [1.807, 2.05) is 6.92 Å². The number of hydrogen-bond donors (Lipinski definition) is 1. The highest BCUT2D eigenvalue weighted by atomic mass is 16.5. The summed E-state index contributed by atoms with van der Waals surface area (Å²) in [6.07, 6.45) is 0.291. The Balaban J connectivity index is 3.88. The first-order chi connectivity index (χ1) is 5.97. The lowest BCUT2D eigenvalue weighted by Gasteiger charge is -2.10. The monoisotopic (exact) mass is 186 g/mol. The van der Waals surface area contributed by atoms with E-state index in [0.717, 1.165) is 0 Å². The maximum absolute atomic E-state index is 11.0. The van der Waals surface area contributed by atoms with Crippen LogP contribution in [0.25, 0.3) is 0 Å². The number of carbonyl (C=O) groups is 2. The number of hydrogen-bond acceptors (Lipinski definition) is 3. The molecule has 1 unspecified atom stereocenters. The average Bonchev–Trinajstić information content (AvgIpc) is 2.03.